The van der Waals surface area contributed by atoms with Crippen molar-refractivity contribution in [1.29, 1.82) is 0 Å². The van der Waals surface area contributed by atoms with Gasteiger partial charge in [0, 0.05) is 30.9 Å². The number of piperidine rings is 1. The number of carbonyl (C=O) groups excluding carboxylic acids is 1. The fourth-order valence-electron chi connectivity index (χ4n) is 2.50. The lowest BCUT2D eigenvalue weighted by Crippen LogP contribution is -2.39. The van der Waals surface area contributed by atoms with Gasteiger partial charge in [-0.15, -0.1) is 0 Å². The van der Waals surface area contributed by atoms with Crippen molar-refractivity contribution in [3.8, 4) is 0 Å². The Morgan fingerprint density at radius 2 is 2.35 bits per heavy atom. The average Bonchev–Trinajstić information content (AvgIpc) is 2.42. The Labute approximate surface area is 119 Å². The van der Waals surface area contributed by atoms with E-state index in [1.165, 1.54) is 0 Å². The molecule has 5 heteroatoms. The first-order chi connectivity index (χ1) is 9.56. The number of hydrogen-bond acceptors (Lipinski definition) is 4. The molecular weight excluding hydrogens is 254 g/mol. The molecule has 1 fully saturated rings. The number of nitrogen functional groups attached to an aromatic ring is 1. The molecule has 0 aromatic heterocycles. The van der Waals surface area contributed by atoms with Crippen LogP contribution in [-0.4, -0.2) is 41.7 Å². The molecule has 1 aromatic carbocycles. The van der Waals surface area contributed by atoms with Crippen LogP contribution in [0.5, 0.6) is 0 Å². The van der Waals surface area contributed by atoms with Crippen LogP contribution >= 0.6 is 0 Å². The molecule has 1 unspecified atom stereocenters. The van der Waals surface area contributed by atoms with E-state index < -0.39 is 0 Å². The number of β-amino-alcohol motifs (C(OH)–C–C–N with tert-alkyl or cyclic N) is 1. The first kappa shape index (κ1) is 14.8. The quantitative estimate of drug-likeness (QED) is 0.726. The number of benzene rings is 1. The van der Waals surface area contributed by atoms with Crippen molar-refractivity contribution in [2.45, 2.75) is 32.3 Å². The summed E-state index contributed by atoms with van der Waals surface area (Å²) < 4.78 is 0. The van der Waals surface area contributed by atoms with Crippen LogP contribution in [-0.2, 0) is 4.79 Å². The van der Waals surface area contributed by atoms with E-state index in [1.54, 1.807) is 0 Å². The number of aliphatic hydroxyl groups excluding tert-OH is 1. The SMILES string of the molecule is Cc1c(N)cccc1NC(=O)CCN1CCCC(O)C1. The highest BCUT2D eigenvalue weighted by molar-refractivity contribution is 5.92. The van der Waals surface area contributed by atoms with Crippen LogP contribution in [0, 0.1) is 6.92 Å². The molecule has 1 aliphatic heterocycles. The lowest BCUT2D eigenvalue weighted by atomic mass is 10.1. The van der Waals surface area contributed by atoms with Crippen molar-refractivity contribution < 1.29 is 9.90 Å². The Balaban J connectivity index is 1.82. The molecule has 1 amide bonds. The number of rotatable bonds is 4. The van der Waals surface area contributed by atoms with Gasteiger partial charge in [-0.2, -0.15) is 0 Å². The fourth-order valence-corrected chi connectivity index (χ4v) is 2.50. The van der Waals surface area contributed by atoms with Gasteiger partial charge >= 0.3 is 0 Å². The molecule has 20 heavy (non-hydrogen) atoms. The number of aliphatic hydroxyl groups is 1. The van der Waals surface area contributed by atoms with E-state index in [0.29, 0.717) is 25.2 Å². The summed E-state index contributed by atoms with van der Waals surface area (Å²) in [4.78, 5) is 14.1. The highest BCUT2D eigenvalue weighted by Gasteiger charge is 2.18. The van der Waals surface area contributed by atoms with Gasteiger partial charge in [-0.1, -0.05) is 6.07 Å². The molecule has 0 aliphatic carbocycles. The smallest absolute Gasteiger partial charge is 0.225 e. The van der Waals surface area contributed by atoms with Gasteiger partial charge in [0.1, 0.15) is 0 Å². The lowest BCUT2D eigenvalue weighted by molar-refractivity contribution is -0.116. The van der Waals surface area contributed by atoms with Crippen LogP contribution in [0.25, 0.3) is 0 Å². The highest BCUT2D eigenvalue weighted by Crippen LogP contribution is 2.20. The minimum Gasteiger partial charge on any atom is -0.398 e. The molecule has 1 atom stereocenters. The zero-order chi connectivity index (χ0) is 14.5. The number of nitrogens with zero attached hydrogens (tertiary/aromatic N) is 1. The largest absolute Gasteiger partial charge is 0.398 e. The van der Waals surface area contributed by atoms with Crippen LogP contribution in [0.15, 0.2) is 18.2 Å². The summed E-state index contributed by atoms with van der Waals surface area (Å²) in [5.74, 6) is -0.0150. The van der Waals surface area contributed by atoms with Crippen molar-refractivity contribution in [1.82, 2.24) is 4.90 Å². The van der Waals surface area contributed by atoms with Crippen molar-refractivity contribution >= 4 is 17.3 Å². The molecule has 1 saturated heterocycles. The second-order valence-electron chi connectivity index (χ2n) is 5.41. The van der Waals surface area contributed by atoms with Gasteiger partial charge in [0.2, 0.25) is 5.91 Å². The summed E-state index contributed by atoms with van der Waals surface area (Å²) in [5, 5.41) is 12.5. The normalized spacial score (nSPS) is 19.8. The number of carbonyl (C=O) groups is 1. The van der Waals surface area contributed by atoms with E-state index in [-0.39, 0.29) is 12.0 Å². The first-order valence-electron chi connectivity index (χ1n) is 7.11. The Morgan fingerprint density at radius 1 is 1.55 bits per heavy atom. The van der Waals surface area contributed by atoms with Gasteiger partial charge in [0.15, 0.2) is 0 Å². The molecule has 0 saturated carbocycles. The van der Waals surface area contributed by atoms with Crippen molar-refractivity contribution in [2.75, 3.05) is 30.7 Å². The molecule has 0 spiro atoms. The van der Waals surface area contributed by atoms with Gasteiger partial charge in [-0.3, -0.25) is 4.79 Å². The first-order valence-corrected chi connectivity index (χ1v) is 7.11. The van der Waals surface area contributed by atoms with Crippen molar-refractivity contribution in [2.24, 2.45) is 0 Å². The van der Waals surface area contributed by atoms with Crippen molar-refractivity contribution in [3.05, 3.63) is 23.8 Å². The summed E-state index contributed by atoms with van der Waals surface area (Å²) in [6, 6.07) is 5.51. The maximum atomic E-state index is 12.0. The number of nitrogens with one attached hydrogen (secondary N) is 1. The van der Waals surface area contributed by atoms with E-state index in [9.17, 15) is 9.90 Å². The molecule has 110 valence electrons. The van der Waals surface area contributed by atoms with E-state index in [2.05, 4.69) is 10.2 Å². The maximum absolute atomic E-state index is 12.0. The fraction of sp³-hybridized carbons (Fsp3) is 0.533. The highest BCUT2D eigenvalue weighted by atomic mass is 16.3. The predicted octanol–water partition coefficient (Wildman–Crippen LogP) is 1.36. The third-order valence-corrected chi connectivity index (χ3v) is 3.79. The van der Waals surface area contributed by atoms with Gasteiger partial charge < -0.3 is 21.1 Å². The molecule has 0 radical (unpaired) electrons. The van der Waals surface area contributed by atoms with Crippen LogP contribution in [0.2, 0.25) is 0 Å². The van der Waals surface area contributed by atoms with Gasteiger partial charge in [0.25, 0.3) is 0 Å². The predicted molar refractivity (Wildman–Crippen MR) is 80.5 cm³/mol. The molecule has 1 aliphatic rings. The Bertz CT molecular complexity index is 476. The summed E-state index contributed by atoms with van der Waals surface area (Å²) in [7, 11) is 0. The maximum Gasteiger partial charge on any atom is 0.225 e. The average molecular weight is 277 g/mol. The number of anilines is 2. The molecule has 4 N–H and O–H groups in total. The number of hydrogen-bond donors (Lipinski definition) is 3. The van der Waals surface area contributed by atoms with Crippen LogP contribution in [0.1, 0.15) is 24.8 Å². The van der Waals surface area contributed by atoms with E-state index >= 15 is 0 Å². The second-order valence-corrected chi connectivity index (χ2v) is 5.41. The Kier molecular flexibility index (Phi) is 4.98. The summed E-state index contributed by atoms with van der Waals surface area (Å²) in [6.07, 6.45) is 2.05. The zero-order valence-electron chi connectivity index (χ0n) is 11.9. The standard InChI is InChI=1S/C15H23N3O2/c1-11-13(16)5-2-6-14(11)17-15(20)7-9-18-8-3-4-12(19)10-18/h2,5-6,12,19H,3-4,7-10,16H2,1H3,(H,17,20). The van der Waals surface area contributed by atoms with E-state index in [0.717, 1.165) is 30.6 Å². The second kappa shape index (κ2) is 6.72. The molecule has 5 nitrogen and oxygen atoms in total. The third-order valence-electron chi connectivity index (χ3n) is 3.79. The monoisotopic (exact) mass is 277 g/mol. The summed E-state index contributed by atoms with van der Waals surface area (Å²) >= 11 is 0. The molecule has 2 rings (SSSR count). The summed E-state index contributed by atoms with van der Waals surface area (Å²) in [5.41, 5.74) is 8.17. The lowest BCUT2D eigenvalue weighted by Gasteiger charge is -2.29. The number of nitrogens with two attached hydrogens (primary N) is 1. The molecular formula is C15H23N3O2. The van der Waals surface area contributed by atoms with E-state index in [1.807, 2.05) is 25.1 Å². The van der Waals surface area contributed by atoms with Crippen LogP contribution < -0.4 is 11.1 Å². The minimum atomic E-state index is -0.247. The van der Waals surface area contributed by atoms with Crippen LogP contribution in [0.4, 0.5) is 11.4 Å². The number of amides is 1. The van der Waals surface area contributed by atoms with Gasteiger partial charge in [-0.25, -0.2) is 0 Å². The third kappa shape index (κ3) is 3.95. The van der Waals surface area contributed by atoms with Crippen molar-refractivity contribution in [3.63, 3.8) is 0 Å². The topological polar surface area (TPSA) is 78.6 Å². The summed E-state index contributed by atoms with van der Waals surface area (Å²) in [6.45, 7) is 4.21. The van der Waals surface area contributed by atoms with Gasteiger partial charge in [-0.05, 0) is 44.0 Å². The Morgan fingerprint density at radius 3 is 3.10 bits per heavy atom. The molecule has 1 aromatic rings. The molecule has 0 bridgehead atoms. The van der Waals surface area contributed by atoms with Gasteiger partial charge in [0.05, 0.1) is 6.10 Å². The molecule has 1 heterocycles. The zero-order valence-corrected chi connectivity index (χ0v) is 11.9. The van der Waals surface area contributed by atoms with Crippen LogP contribution in [0.3, 0.4) is 0 Å². The number of likely N-dealkylation sites (tertiary alicyclic amines) is 1. The minimum absolute atomic E-state index is 0.0150. The van der Waals surface area contributed by atoms with E-state index in [4.69, 9.17) is 5.73 Å². The Hall–Kier alpha value is -1.59.